The SMILES string of the molecule is CCC(N=O)C(C)=NC1CC(N)C(C2OC(COCC3(C)CCC3)=CCC2N)C(N=O)C1C1OCC(C)(O)C(NC)C1N=O. The Balaban J connectivity index is 1.66. The summed E-state index contributed by atoms with van der Waals surface area (Å²) in [6.07, 6.45) is 5.07. The van der Waals surface area contributed by atoms with Gasteiger partial charge in [0.2, 0.25) is 0 Å². The van der Waals surface area contributed by atoms with Crippen molar-refractivity contribution >= 4 is 5.71 Å². The van der Waals surface area contributed by atoms with Crippen molar-refractivity contribution in [3.63, 3.8) is 0 Å². The van der Waals surface area contributed by atoms with E-state index in [4.69, 9.17) is 30.7 Å². The van der Waals surface area contributed by atoms with E-state index in [-0.39, 0.29) is 18.6 Å². The van der Waals surface area contributed by atoms with Gasteiger partial charge in [-0.3, -0.25) is 4.99 Å². The van der Waals surface area contributed by atoms with Crippen molar-refractivity contribution < 1.29 is 19.3 Å². The molecule has 44 heavy (non-hydrogen) atoms. The van der Waals surface area contributed by atoms with Crippen LogP contribution in [0.15, 0.2) is 32.4 Å². The Morgan fingerprint density at radius 3 is 2.41 bits per heavy atom. The standard InChI is InChI=1S/C30H51N7O7/c1-6-20(35-39)16(2)34-21-12-19(32)22(26-18(31)9-8-17(44-26)13-42-14-29(3)10-7-11-29)24(36-40)23(21)27-25(37-41)28(33-5)30(4,38)15-43-27/h8,18-28,33,38H,6-7,9-15,31-32H2,1-5H3. The summed E-state index contributed by atoms with van der Waals surface area (Å²) in [6.45, 7) is 8.14. The maximum Gasteiger partial charge on any atom is 0.136 e. The number of likely N-dealkylation sites (N-methyl/N-ethyl adjacent to an activating group) is 1. The quantitative estimate of drug-likeness (QED) is 0.174. The highest BCUT2D eigenvalue weighted by molar-refractivity contribution is 5.87. The molecule has 6 N–H and O–H groups in total. The second kappa shape index (κ2) is 14.5. The highest BCUT2D eigenvalue weighted by Gasteiger charge is 2.58. The number of hydrogen-bond donors (Lipinski definition) is 4. The summed E-state index contributed by atoms with van der Waals surface area (Å²) in [5.74, 6) is -0.768. The average molecular weight is 622 g/mol. The van der Waals surface area contributed by atoms with Crippen molar-refractivity contribution in [3.05, 3.63) is 26.6 Å². The summed E-state index contributed by atoms with van der Waals surface area (Å²) in [5, 5.41) is 24.2. The second-order valence-corrected chi connectivity index (χ2v) is 13.8. The lowest BCUT2D eigenvalue weighted by Crippen LogP contribution is -2.69. The lowest BCUT2D eigenvalue weighted by Gasteiger charge is -2.52. The van der Waals surface area contributed by atoms with E-state index in [9.17, 15) is 19.8 Å². The molecule has 248 valence electrons. The van der Waals surface area contributed by atoms with Gasteiger partial charge in [0.1, 0.15) is 42.2 Å². The van der Waals surface area contributed by atoms with Crippen LogP contribution >= 0.6 is 0 Å². The van der Waals surface area contributed by atoms with Crippen molar-refractivity contribution in [1.29, 1.82) is 0 Å². The molecule has 2 aliphatic carbocycles. The number of rotatable bonds is 13. The number of nitrogens with zero attached hydrogens (tertiary/aromatic N) is 4. The molecular formula is C30H51N7O7. The van der Waals surface area contributed by atoms with Crippen LogP contribution in [-0.4, -0.2) is 97.8 Å². The molecule has 0 aromatic heterocycles. The molecule has 2 heterocycles. The summed E-state index contributed by atoms with van der Waals surface area (Å²) < 4.78 is 18.6. The Bertz CT molecular complexity index is 1080. The third kappa shape index (κ3) is 7.10. The van der Waals surface area contributed by atoms with E-state index >= 15 is 0 Å². The predicted molar refractivity (Wildman–Crippen MR) is 167 cm³/mol. The van der Waals surface area contributed by atoms with Crippen LogP contribution in [-0.2, 0) is 14.2 Å². The van der Waals surface area contributed by atoms with Gasteiger partial charge in [0.25, 0.3) is 0 Å². The van der Waals surface area contributed by atoms with Gasteiger partial charge in [-0.05, 0) is 64.5 Å². The van der Waals surface area contributed by atoms with E-state index in [1.165, 1.54) is 6.42 Å². The first-order valence-electron chi connectivity index (χ1n) is 15.9. The molecule has 14 heteroatoms. The fourth-order valence-corrected chi connectivity index (χ4v) is 7.70. The fraction of sp³-hybridized carbons (Fsp3) is 0.900. The molecule has 14 nitrogen and oxygen atoms in total. The summed E-state index contributed by atoms with van der Waals surface area (Å²) in [7, 11) is 1.63. The maximum atomic E-state index is 12.9. The summed E-state index contributed by atoms with van der Waals surface area (Å²) in [5.41, 5.74) is 12.7. The predicted octanol–water partition coefficient (Wildman–Crippen LogP) is 2.54. The van der Waals surface area contributed by atoms with E-state index < -0.39 is 71.9 Å². The van der Waals surface area contributed by atoms with Crippen LogP contribution in [0.3, 0.4) is 0 Å². The first-order chi connectivity index (χ1) is 20.9. The van der Waals surface area contributed by atoms with Gasteiger partial charge in [0.05, 0.1) is 31.4 Å². The topological polar surface area (TPSA) is 213 Å². The first kappa shape index (κ1) is 34.6. The minimum Gasteiger partial charge on any atom is -0.491 e. The van der Waals surface area contributed by atoms with Crippen LogP contribution in [0.1, 0.15) is 66.2 Å². The molecule has 3 fully saturated rings. The molecule has 0 aromatic carbocycles. The molecule has 2 aliphatic heterocycles. The van der Waals surface area contributed by atoms with Crippen molar-refractivity contribution in [2.45, 2.75) is 126 Å². The van der Waals surface area contributed by atoms with Gasteiger partial charge in [-0.15, -0.1) is 0 Å². The second-order valence-electron chi connectivity index (χ2n) is 13.8. The molecule has 1 saturated heterocycles. The van der Waals surface area contributed by atoms with Gasteiger partial charge in [-0.1, -0.05) is 35.8 Å². The zero-order valence-corrected chi connectivity index (χ0v) is 26.6. The molecular weight excluding hydrogens is 570 g/mol. The van der Waals surface area contributed by atoms with Crippen LogP contribution in [0.4, 0.5) is 0 Å². The van der Waals surface area contributed by atoms with Crippen molar-refractivity contribution in [2.24, 2.45) is 49.2 Å². The zero-order chi connectivity index (χ0) is 32.2. The van der Waals surface area contributed by atoms with Gasteiger partial charge in [-0.25, -0.2) is 0 Å². The Kier molecular flexibility index (Phi) is 11.4. The Morgan fingerprint density at radius 1 is 1.14 bits per heavy atom. The fourth-order valence-electron chi connectivity index (χ4n) is 7.70. The van der Waals surface area contributed by atoms with Gasteiger partial charge < -0.3 is 36.1 Å². The van der Waals surface area contributed by atoms with Crippen LogP contribution < -0.4 is 16.8 Å². The van der Waals surface area contributed by atoms with Gasteiger partial charge in [0, 0.05) is 29.6 Å². The van der Waals surface area contributed by atoms with Gasteiger partial charge in [-0.2, -0.15) is 14.7 Å². The summed E-state index contributed by atoms with van der Waals surface area (Å²) in [6, 6.07) is -5.22. The number of hydrogen-bond acceptors (Lipinski definition) is 14. The third-order valence-corrected chi connectivity index (χ3v) is 10.4. The number of aliphatic imine (C=N–C) groups is 1. The molecule has 2 saturated carbocycles. The maximum absolute atomic E-state index is 12.9. The lowest BCUT2D eigenvalue weighted by atomic mass is 9.64. The third-order valence-electron chi connectivity index (χ3n) is 10.4. The summed E-state index contributed by atoms with van der Waals surface area (Å²) in [4.78, 5) is 41.6. The number of nitroso groups, excluding NO2 is 3. The molecule has 0 radical (unpaired) electrons. The van der Waals surface area contributed by atoms with Crippen molar-refractivity contribution in [1.82, 2.24) is 5.32 Å². The van der Waals surface area contributed by atoms with Gasteiger partial charge >= 0.3 is 0 Å². The highest BCUT2D eigenvalue weighted by Crippen LogP contribution is 2.45. The van der Waals surface area contributed by atoms with Crippen LogP contribution in [0.2, 0.25) is 0 Å². The van der Waals surface area contributed by atoms with Crippen molar-refractivity contribution in [2.75, 3.05) is 26.9 Å². The van der Waals surface area contributed by atoms with E-state index in [2.05, 4.69) is 27.8 Å². The van der Waals surface area contributed by atoms with Crippen LogP contribution in [0.25, 0.3) is 0 Å². The van der Waals surface area contributed by atoms with Gasteiger partial charge in [0.15, 0.2) is 0 Å². The Labute approximate surface area is 259 Å². The Hall–Kier alpha value is -2.23. The minimum absolute atomic E-state index is 0.112. The number of nitrogens with one attached hydrogen (secondary N) is 1. The number of ether oxygens (including phenoxy) is 3. The first-order valence-corrected chi connectivity index (χ1v) is 15.9. The van der Waals surface area contributed by atoms with E-state index in [1.54, 1.807) is 20.9 Å². The molecule has 0 amide bonds. The van der Waals surface area contributed by atoms with Crippen molar-refractivity contribution in [3.8, 4) is 0 Å². The monoisotopic (exact) mass is 621 g/mol. The molecule has 4 aliphatic rings. The summed E-state index contributed by atoms with van der Waals surface area (Å²) >= 11 is 0. The molecule has 0 spiro atoms. The van der Waals surface area contributed by atoms with E-state index in [1.807, 2.05) is 13.0 Å². The van der Waals surface area contributed by atoms with E-state index in [0.717, 1.165) is 12.8 Å². The zero-order valence-electron chi connectivity index (χ0n) is 26.6. The Morgan fingerprint density at radius 2 is 1.84 bits per heavy atom. The smallest absolute Gasteiger partial charge is 0.136 e. The molecule has 0 aromatic rings. The average Bonchev–Trinajstić information content (AvgIpc) is 2.97. The highest BCUT2D eigenvalue weighted by atomic mass is 16.5. The minimum atomic E-state index is -1.40. The number of nitrogens with two attached hydrogens (primary N) is 2. The normalized spacial score (nSPS) is 41.5. The largest absolute Gasteiger partial charge is 0.491 e. The van der Waals surface area contributed by atoms with Crippen LogP contribution in [0, 0.1) is 32.0 Å². The molecule has 12 unspecified atom stereocenters. The number of aliphatic hydroxyl groups is 1. The molecule has 4 rings (SSSR count). The molecule has 0 bridgehead atoms. The van der Waals surface area contributed by atoms with E-state index in [0.29, 0.717) is 37.3 Å². The van der Waals surface area contributed by atoms with Crippen LogP contribution in [0.5, 0.6) is 0 Å². The molecule has 12 atom stereocenters. The lowest BCUT2D eigenvalue weighted by molar-refractivity contribution is -0.164.